The zero-order valence-electron chi connectivity index (χ0n) is 22.6. The number of hydrogen-bond acceptors (Lipinski definition) is 8. The quantitative estimate of drug-likeness (QED) is 0.470. The predicted octanol–water partition coefficient (Wildman–Crippen LogP) is 3.56. The van der Waals surface area contributed by atoms with Gasteiger partial charge in [0.2, 0.25) is 0 Å². The minimum atomic E-state index is -0.0434. The summed E-state index contributed by atoms with van der Waals surface area (Å²) in [4.78, 5) is 22.4. The lowest BCUT2D eigenvalue weighted by atomic mass is 9.72. The molecule has 2 saturated heterocycles. The molecule has 2 aromatic heterocycles. The van der Waals surface area contributed by atoms with Crippen LogP contribution in [0.3, 0.4) is 0 Å². The van der Waals surface area contributed by atoms with Gasteiger partial charge in [-0.3, -0.25) is 14.4 Å². The number of amides is 1. The first-order chi connectivity index (χ1) is 19.1. The van der Waals surface area contributed by atoms with E-state index in [-0.39, 0.29) is 11.3 Å². The van der Waals surface area contributed by atoms with Gasteiger partial charge in [-0.15, -0.1) is 5.10 Å². The average molecular weight is 533 g/mol. The largest absolute Gasteiger partial charge is 0.493 e. The first-order valence-corrected chi connectivity index (χ1v) is 13.9. The summed E-state index contributed by atoms with van der Waals surface area (Å²) in [5, 5.41) is 8.55. The van der Waals surface area contributed by atoms with Gasteiger partial charge in [0.15, 0.2) is 22.9 Å². The molecule has 0 N–H and O–H groups in total. The summed E-state index contributed by atoms with van der Waals surface area (Å²) >= 11 is 0. The molecule has 10 nitrogen and oxygen atoms in total. The number of nitrogens with zero attached hydrogens (tertiary/aromatic N) is 6. The topological polar surface area (TPSA) is 94.8 Å². The third-order valence-corrected chi connectivity index (χ3v) is 8.24. The van der Waals surface area contributed by atoms with Crippen LogP contribution in [0.25, 0.3) is 0 Å². The normalized spacial score (nSPS) is 24.0. The Kier molecular flexibility index (Phi) is 7.36. The van der Waals surface area contributed by atoms with Crippen LogP contribution in [0.2, 0.25) is 0 Å². The second-order valence-electron chi connectivity index (χ2n) is 10.9. The molecule has 39 heavy (non-hydrogen) atoms. The van der Waals surface area contributed by atoms with Gasteiger partial charge in [-0.05, 0) is 55.8 Å². The Hall–Kier alpha value is -3.66. The van der Waals surface area contributed by atoms with Crippen molar-refractivity contribution in [3.8, 4) is 17.2 Å². The van der Waals surface area contributed by atoms with Crippen LogP contribution in [0, 0.1) is 5.41 Å². The molecule has 10 heteroatoms. The lowest BCUT2D eigenvalue weighted by Crippen LogP contribution is -2.50. The molecule has 1 atom stereocenters. The third kappa shape index (κ3) is 5.56. The molecule has 2 fully saturated rings. The Morgan fingerprint density at radius 3 is 2.77 bits per heavy atom. The maximum atomic E-state index is 13.5. The molecule has 206 valence electrons. The van der Waals surface area contributed by atoms with Gasteiger partial charge >= 0.3 is 0 Å². The molecule has 3 aromatic rings. The third-order valence-electron chi connectivity index (χ3n) is 8.24. The highest BCUT2D eigenvalue weighted by Crippen LogP contribution is 2.41. The molecule has 6 heterocycles. The van der Waals surface area contributed by atoms with Gasteiger partial charge in [-0.2, -0.15) is 0 Å². The SMILES string of the molecule is COc1cccc2c1OCc1cn(nn1)CCCOc1cccnc1C(=O)N1CCC3(CCCN(C2)C3)CC1. The predicted molar refractivity (Wildman–Crippen MR) is 144 cm³/mol. The number of carbonyl (C=O) groups is 1. The summed E-state index contributed by atoms with van der Waals surface area (Å²) in [5.41, 5.74) is 2.48. The molecule has 5 bridgehead atoms. The number of aryl methyl sites for hydroxylation is 1. The fourth-order valence-corrected chi connectivity index (χ4v) is 6.17. The van der Waals surface area contributed by atoms with Crippen LogP contribution in [0.4, 0.5) is 0 Å². The zero-order valence-corrected chi connectivity index (χ0v) is 22.6. The lowest BCUT2D eigenvalue weighted by Gasteiger charge is -2.47. The molecular formula is C29H36N6O4. The highest BCUT2D eigenvalue weighted by atomic mass is 16.5. The average Bonchev–Trinajstić information content (AvgIpc) is 3.42. The minimum absolute atomic E-state index is 0.0434. The molecule has 7 rings (SSSR count). The van der Waals surface area contributed by atoms with Crippen molar-refractivity contribution in [1.82, 2.24) is 29.8 Å². The molecule has 1 aromatic carbocycles. The number of rotatable bonds is 1. The molecule has 1 unspecified atom stereocenters. The first kappa shape index (κ1) is 25.6. The number of para-hydroxylation sites is 1. The molecule has 1 amide bonds. The second kappa shape index (κ2) is 11.2. The van der Waals surface area contributed by atoms with Crippen molar-refractivity contribution in [2.75, 3.05) is 39.9 Å². The number of aromatic nitrogens is 4. The van der Waals surface area contributed by atoms with Crippen LogP contribution in [-0.2, 0) is 19.7 Å². The summed E-state index contributed by atoms with van der Waals surface area (Å²) in [6.45, 7) is 5.72. The molecule has 4 aliphatic heterocycles. The van der Waals surface area contributed by atoms with Crippen LogP contribution in [0.15, 0.2) is 42.7 Å². The Morgan fingerprint density at radius 2 is 1.90 bits per heavy atom. The van der Waals surface area contributed by atoms with E-state index in [0.717, 1.165) is 74.7 Å². The summed E-state index contributed by atoms with van der Waals surface area (Å²) < 4.78 is 19.8. The van der Waals surface area contributed by atoms with E-state index in [1.165, 1.54) is 6.42 Å². The van der Waals surface area contributed by atoms with Gasteiger partial charge in [0.25, 0.3) is 5.91 Å². The van der Waals surface area contributed by atoms with Crippen molar-refractivity contribution in [1.29, 1.82) is 0 Å². The van der Waals surface area contributed by atoms with Crippen molar-refractivity contribution < 1.29 is 19.0 Å². The zero-order chi connectivity index (χ0) is 26.7. The number of carbonyl (C=O) groups excluding carboxylic acids is 1. The van der Waals surface area contributed by atoms with Crippen molar-refractivity contribution >= 4 is 5.91 Å². The van der Waals surface area contributed by atoms with Crippen LogP contribution < -0.4 is 14.2 Å². The van der Waals surface area contributed by atoms with Crippen LogP contribution in [0.1, 0.15) is 53.8 Å². The maximum absolute atomic E-state index is 13.5. The minimum Gasteiger partial charge on any atom is -0.493 e. The fourth-order valence-electron chi connectivity index (χ4n) is 6.17. The summed E-state index contributed by atoms with van der Waals surface area (Å²) in [6.07, 6.45) is 8.61. The number of benzene rings is 1. The van der Waals surface area contributed by atoms with Gasteiger partial charge in [0.05, 0.1) is 19.9 Å². The van der Waals surface area contributed by atoms with Crippen molar-refractivity contribution in [2.24, 2.45) is 5.41 Å². The highest BCUT2D eigenvalue weighted by Gasteiger charge is 2.40. The molecule has 0 radical (unpaired) electrons. The van der Waals surface area contributed by atoms with E-state index in [1.807, 2.05) is 35.4 Å². The molecule has 4 aliphatic rings. The fraction of sp³-hybridized carbons (Fsp3) is 0.517. The summed E-state index contributed by atoms with van der Waals surface area (Å²) in [5.74, 6) is 1.98. The molecule has 0 aliphatic carbocycles. The summed E-state index contributed by atoms with van der Waals surface area (Å²) in [7, 11) is 1.68. The Labute approximate surface area is 228 Å². The van der Waals surface area contributed by atoms with E-state index in [9.17, 15) is 4.79 Å². The number of pyridine rings is 1. The van der Waals surface area contributed by atoms with Crippen molar-refractivity contribution in [3.05, 3.63) is 59.7 Å². The number of ether oxygens (including phenoxy) is 3. The highest BCUT2D eigenvalue weighted by molar-refractivity contribution is 5.95. The van der Waals surface area contributed by atoms with Crippen LogP contribution in [0.5, 0.6) is 17.2 Å². The number of hydrogen-bond donors (Lipinski definition) is 0. The Morgan fingerprint density at radius 1 is 1.00 bits per heavy atom. The standard InChI is InChI=1S/C29H36N6O4/c1-37-25-7-2-6-22-18-33-13-4-9-29(21-33)10-15-34(16-11-29)28(36)26-24(8-3-12-30-26)38-17-5-14-35-19-23(31-32-35)20-39-27(22)25/h2-3,6-8,12,19H,4-5,9-11,13-18,20-21H2,1H3. The molecular weight excluding hydrogens is 496 g/mol. The number of fused-ring (bicyclic) bond motifs is 6. The monoisotopic (exact) mass is 532 g/mol. The van der Waals surface area contributed by atoms with E-state index >= 15 is 0 Å². The lowest BCUT2D eigenvalue weighted by molar-refractivity contribution is 0.0191. The van der Waals surface area contributed by atoms with Crippen molar-refractivity contribution in [3.63, 3.8) is 0 Å². The Balaban J connectivity index is 1.28. The molecule has 0 saturated carbocycles. The van der Waals surface area contributed by atoms with Gasteiger partial charge in [0.1, 0.15) is 12.3 Å². The van der Waals surface area contributed by atoms with E-state index < -0.39 is 0 Å². The maximum Gasteiger partial charge on any atom is 0.276 e. The van der Waals surface area contributed by atoms with E-state index in [1.54, 1.807) is 18.0 Å². The van der Waals surface area contributed by atoms with Crippen molar-refractivity contribution in [2.45, 2.75) is 51.8 Å². The van der Waals surface area contributed by atoms with Gasteiger partial charge < -0.3 is 19.1 Å². The number of piperidine rings is 2. The smallest absolute Gasteiger partial charge is 0.276 e. The van der Waals surface area contributed by atoms with Gasteiger partial charge in [0, 0.05) is 50.9 Å². The van der Waals surface area contributed by atoms with Crippen LogP contribution in [-0.4, -0.2) is 75.6 Å². The second-order valence-corrected chi connectivity index (χ2v) is 10.9. The van der Waals surface area contributed by atoms with E-state index in [0.29, 0.717) is 37.6 Å². The first-order valence-electron chi connectivity index (χ1n) is 13.9. The Bertz CT molecular complexity index is 1300. The van der Waals surface area contributed by atoms with Gasteiger partial charge in [-0.25, -0.2) is 4.98 Å². The van der Waals surface area contributed by atoms with Crippen LogP contribution >= 0.6 is 0 Å². The van der Waals surface area contributed by atoms with E-state index in [4.69, 9.17) is 14.2 Å². The van der Waals surface area contributed by atoms with Gasteiger partial charge in [-0.1, -0.05) is 17.3 Å². The number of methoxy groups -OCH3 is 1. The molecule has 1 spiro atoms. The summed E-state index contributed by atoms with van der Waals surface area (Å²) in [6, 6.07) is 9.73. The van der Waals surface area contributed by atoms with E-state index in [2.05, 4.69) is 26.3 Å².